The molecule has 29 heteroatoms. The number of hydrogen-bond donors (Lipinski definition) is 0. The van der Waals surface area contributed by atoms with Crippen molar-refractivity contribution in [2.45, 2.75) is 49.4 Å². The molecule has 0 saturated carbocycles. The average molecular weight is 1120 g/mol. The second kappa shape index (κ2) is 18.6. The van der Waals surface area contributed by atoms with Gasteiger partial charge in [-0.15, -0.1) is 0 Å². The number of rotatable bonds is 6. The summed E-state index contributed by atoms with van der Waals surface area (Å²) in [7, 11) is -8.28. The molecule has 0 fully saturated rings. The van der Waals surface area contributed by atoms with Gasteiger partial charge in [-0.05, 0) is 121 Å². The van der Waals surface area contributed by atoms with Crippen molar-refractivity contribution in [3.63, 3.8) is 0 Å². The van der Waals surface area contributed by atoms with Crippen molar-refractivity contribution in [3.05, 3.63) is 139 Å². The Morgan fingerprint density at radius 3 is 0.672 bits per heavy atom. The van der Waals surface area contributed by atoms with Crippen molar-refractivity contribution >= 4 is 70.9 Å². The Bertz CT molecular complexity index is 2360. The van der Waals surface area contributed by atoms with Crippen LogP contribution in [0, 0.1) is 0 Å². The van der Waals surface area contributed by atoms with Gasteiger partial charge in [0.2, 0.25) is 0 Å². The zero-order valence-corrected chi connectivity index (χ0v) is 35.4. The van der Waals surface area contributed by atoms with Crippen molar-refractivity contribution in [2.24, 2.45) is 0 Å². The van der Waals surface area contributed by atoms with E-state index in [0.29, 0.717) is 12.1 Å². The molecule has 0 atom stereocenters. The monoisotopic (exact) mass is 1120 g/mol. The Labute approximate surface area is 380 Å². The van der Waals surface area contributed by atoms with Crippen LogP contribution in [0.3, 0.4) is 0 Å². The number of alkyl halides is 24. The van der Waals surface area contributed by atoms with Gasteiger partial charge in [0, 0.05) is 21.8 Å². The summed E-state index contributed by atoms with van der Waals surface area (Å²) < 4.78 is 343. The van der Waals surface area contributed by atoms with Gasteiger partial charge in [-0.1, -0.05) is 29.3 Å². The number of benzene rings is 5. The maximum atomic E-state index is 14.3. The van der Waals surface area contributed by atoms with E-state index < -0.39 is 176 Å². The fraction of sp³-hybridized carbons (Fsp3) is 0.211. The van der Waals surface area contributed by atoms with E-state index in [1.807, 2.05) is 0 Å². The Kier molecular flexibility index (Phi) is 15.5. The molecule has 0 aliphatic carbocycles. The maximum Gasteiger partial charge on any atom is 0.416 e. The van der Waals surface area contributed by atoms with E-state index >= 15 is 0 Å². The van der Waals surface area contributed by atoms with E-state index in [9.17, 15) is 105 Å². The minimum absolute atomic E-state index is 0. The molecule has 0 bridgehead atoms. The van der Waals surface area contributed by atoms with Crippen LogP contribution in [0.5, 0.6) is 0 Å². The summed E-state index contributed by atoms with van der Waals surface area (Å²) in [6.45, 7) is 0. The fourth-order valence-electron chi connectivity index (χ4n) is 6.03. The fourth-order valence-corrected chi connectivity index (χ4v) is 12.3. The molecule has 0 N–H and O–H groups in total. The van der Waals surface area contributed by atoms with E-state index in [2.05, 4.69) is 0 Å². The smallest absolute Gasteiger partial charge is 0.166 e. The predicted molar refractivity (Wildman–Crippen MR) is 194 cm³/mol. The van der Waals surface area contributed by atoms with Crippen molar-refractivity contribution in [1.29, 1.82) is 0 Å². The Hall–Kier alpha value is -3.65. The summed E-state index contributed by atoms with van der Waals surface area (Å²) in [5.41, 5.74) is -18.6. The van der Waals surface area contributed by atoms with E-state index in [1.54, 1.807) is 0 Å². The normalized spacial score (nSPS) is 13.7. The quantitative estimate of drug-likeness (QED) is 0.0903. The second-order valence-corrected chi connectivity index (χ2v) is 18.6. The topological polar surface area (TPSA) is 0 Å². The molecule has 0 aromatic heterocycles. The molecule has 0 saturated heterocycles. The van der Waals surface area contributed by atoms with Crippen molar-refractivity contribution in [3.8, 4) is 0 Å². The van der Waals surface area contributed by atoms with Crippen LogP contribution < -0.4 is 31.8 Å². The van der Waals surface area contributed by atoms with Gasteiger partial charge < -0.3 is 0 Å². The molecular formula is C38H14Cl2F24NiP2. The second-order valence-electron chi connectivity index (χ2n) is 13.5. The largest absolute Gasteiger partial charge is 0.416 e. The zero-order chi connectivity index (χ0) is 50.3. The first-order valence-electron chi connectivity index (χ1n) is 16.8. The van der Waals surface area contributed by atoms with Crippen LogP contribution in [-0.4, -0.2) is 0 Å². The molecule has 0 aliphatic heterocycles. The molecule has 5 aromatic carbocycles. The third-order valence-corrected chi connectivity index (χ3v) is 14.8. The molecule has 0 unspecified atom stereocenters. The molecule has 368 valence electrons. The molecule has 0 radical (unpaired) electrons. The molecule has 0 aliphatic rings. The molecule has 5 aromatic rings. The molecule has 0 amide bonds. The minimum Gasteiger partial charge on any atom is -0.166 e. The minimum atomic E-state index is -5.87. The predicted octanol–water partition coefficient (Wildman–Crippen LogP) is 14.7. The molecule has 5 rings (SSSR count). The van der Waals surface area contributed by atoms with Crippen molar-refractivity contribution < 1.29 is 122 Å². The van der Waals surface area contributed by atoms with Gasteiger partial charge in [-0.2, -0.15) is 105 Å². The van der Waals surface area contributed by atoms with Crippen LogP contribution in [-0.2, 0) is 65.9 Å². The number of halogens is 26. The summed E-state index contributed by atoms with van der Waals surface area (Å²) >= 11 is 12.6. The molecule has 67 heavy (non-hydrogen) atoms. The standard InChI is InChI=1S/C38H14Cl2F24P2.Ni/c39-27-1-2-28(65(23-7-15(31(41,42)43)3-16(8-23)32(44,45)46)24-9-17(33(47,48)49)4-18(10-24)34(50,51)52)30(29(27)40)66(25-11-19(35(53,54)55)5-20(12-25)36(56,57)58)26-13-21(37(59,60)61)6-22(14-26)38(62,63)64;/h1-14H;. The molecule has 0 spiro atoms. The molecular weight excluding hydrogens is 1100 g/mol. The van der Waals surface area contributed by atoms with Crippen LogP contribution in [0.2, 0.25) is 10.0 Å². The van der Waals surface area contributed by atoms with Gasteiger partial charge in [0.05, 0.1) is 54.6 Å². The molecule has 0 heterocycles. The van der Waals surface area contributed by atoms with Gasteiger partial charge in [0.1, 0.15) is 0 Å². The van der Waals surface area contributed by atoms with Crippen molar-refractivity contribution in [2.75, 3.05) is 0 Å². The van der Waals surface area contributed by atoms with E-state index in [1.165, 1.54) is 0 Å². The van der Waals surface area contributed by atoms with Gasteiger partial charge in [-0.25, -0.2) is 0 Å². The van der Waals surface area contributed by atoms with E-state index in [0.717, 1.165) is 0 Å². The Morgan fingerprint density at radius 2 is 0.478 bits per heavy atom. The van der Waals surface area contributed by atoms with Gasteiger partial charge in [0.25, 0.3) is 0 Å². The SMILES string of the molecule is FC(F)(F)c1cc(P(c2cc(C(F)(F)F)cc(C(F)(F)F)c2)c2ccc(Cl)c(Cl)c2P(c2cc(C(F)(F)F)cc(C(F)(F)F)c2)c2cc(C(F)(F)F)cc(C(F)(F)F)c2)cc(C(F)(F)F)c1.[Ni]. The Morgan fingerprint density at radius 1 is 0.284 bits per heavy atom. The van der Waals surface area contributed by atoms with Crippen LogP contribution in [0.4, 0.5) is 105 Å². The average Bonchev–Trinajstić information content (AvgIpc) is 3.14. The van der Waals surface area contributed by atoms with E-state index in [4.69, 9.17) is 23.2 Å². The summed E-state index contributed by atoms with van der Waals surface area (Å²) in [4.78, 5) is 0. The Balaban J connectivity index is 0.00000980. The maximum absolute atomic E-state index is 14.3. The third-order valence-electron chi connectivity index (χ3n) is 8.83. The number of hydrogen-bond acceptors (Lipinski definition) is 0. The van der Waals surface area contributed by atoms with Gasteiger partial charge >= 0.3 is 49.4 Å². The van der Waals surface area contributed by atoms with Gasteiger partial charge in [-0.3, -0.25) is 0 Å². The van der Waals surface area contributed by atoms with Crippen molar-refractivity contribution in [1.82, 2.24) is 0 Å². The summed E-state index contributed by atoms with van der Waals surface area (Å²) in [5, 5.41) is -11.4. The third kappa shape index (κ3) is 12.8. The summed E-state index contributed by atoms with van der Waals surface area (Å²) in [6, 6.07) is -3.56. The zero-order valence-electron chi connectivity index (χ0n) is 31.1. The molecule has 0 nitrogen and oxygen atoms in total. The van der Waals surface area contributed by atoms with Crippen LogP contribution in [0.1, 0.15) is 44.5 Å². The first-order chi connectivity index (χ1) is 29.6. The van der Waals surface area contributed by atoms with Gasteiger partial charge in [0.15, 0.2) is 0 Å². The first kappa shape index (κ1) is 55.9. The van der Waals surface area contributed by atoms with E-state index in [-0.39, 0.29) is 65.0 Å². The summed E-state index contributed by atoms with van der Waals surface area (Å²) in [5.74, 6) is 0. The first-order valence-corrected chi connectivity index (χ1v) is 20.3. The van der Waals surface area contributed by atoms with Crippen LogP contribution in [0.25, 0.3) is 0 Å². The summed E-state index contributed by atoms with van der Waals surface area (Å²) in [6.07, 6.45) is -46.9. The van der Waals surface area contributed by atoms with Crippen LogP contribution >= 0.6 is 39.0 Å². The van der Waals surface area contributed by atoms with Crippen LogP contribution in [0.15, 0.2) is 84.9 Å².